The van der Waals surface area contributed by atoms with Gasteiger partial charge in [0, 0.05) is 16.1 Å². The molecule has 4 nitrogen and oxygen atoms in total. The van der Waals surface area contributed by atoms with Crippen molar-refractivity contribution in [2.24, 2.45) is 5.73 Å². The maximum Gasteiger partial charge on any atom is 0.233 e. The van der Waals surface area contributed by atoms with E-state index in [2.05, 4.69) is 26.1 Å². The zero-order chi connectivity index (χ0) is 13.4. The maximum atomic E-state index is 5.83. The van der Waals surface area contributed by atoms with E-state index < -0.39 is 0 Å². The molecule has 1 aromatic carbocycles. The number of rotatable bonds is 2. The van der Waals surface area contributed by atoms with Gasteiger partial charge in [0.05, 0.1) is 5.92 Å². The lowest BCUT2D eigenvalue weighted by atomic mass is 10.1. The predicted octanol–water partition coefficient (Wildman–Crippen LogP) is 3.18. The quantitative estimate of drug-likeness (QED) is 0.863. The van der Waals surface area contributed by atoms with E-state index >= 15 is 0 Å². The highest BCUT2D eigenvalue weighted by molar-refractivity contribution is 9.10. The Balaban J connectivity index is 1.88. The summed E-state index contributed by atoms with van der Waals surface area (Å²) in [6.07, 6.45) is 4.85. The molecule has 19 heavy (non-hydrogen) atoms. The van der Waals surface area contributed by atoms with Crippen molar-refractivity contribution in [2.45, 2.75) is 25.3 Å². The summed E-state index contributed by atoms with van der Waals surface area (Å²) >= 11 is 3.51. The molecule has 0 amide bonds. The Bertz CT molecular complexity index is 635. The van der Waals surface area contributed by atoms with Gasteiger partial charge in [-0.05, 0) is 25.0 Å². The summed E-state index contributed by atoms with van der Waals surface area (Å²) in [6.45, 7) is 2.04. The van der Waals surface area contributed by atoms with E-state index in [4.69, 9.17) is 10.3 Å². The van der Waals surface area contributed by atoms with E-state index in [0.717, 1.165) is 16.5 Å². The largest absolute Gasteiger partial charge is 0.338 e. The van der Waals surface area contributed by atoms with Crippen molar-refractivity contribution >= 4 is 15.9 Å². The highest BCUT2D eigenvalue weighted by atomic mass is 79.9. The number of aromatic nitrogens is 2. The van der Waals surface area contributed by atoms with E-state index in [1.54, 1.807) is 0 Å². The molecule has 0 aliphatic heterocycles. The van der Waals surface area contributed by atoms with E-state index in [1.165, 1.54) is 5.56 Å². The summed E-state index contributed by atoms with van der Waals surface area (Å²) in [5, 5.41) is 4.05. The fourth-order valence-corrected chi connectivity index (χ4v) is 2.52. The zero-order valence-electron chi connectivity index (χ0n) is 10.5. The van der Waals surface area contributed by atoms with Gasteiger partial charge in [-0.3, -0.25) is 0 Å². The first-order valence-corrected chi connectivity index (χ1v) is 6.97. The SMILES string of the molecule is Cc1ccc(-c2noc(C3C=CC(N)C3)n2)cc1Br. The molecule has 1 heterocycles. The Labute approximate surface area is 119 Å². The van der Waals surface area contributed by atoms with E-state index in [9.17, 15) is 0 Å². The molecule has 2 atom stereocenters. The smallest absolute Gasteiger partial charge is 0.233 e. The lowest BCUT2D eigenvalue weighted by Gasteiger charge is -2.02. The molecule has 2 unspecified atom stereocenters. The monoisotopic (exact) mass is 319 g/mol. The third kappa shape index (κ3) is 2.48. The van der Waals surface area contributed by atoms with Gasteiger partial charge in [0.1, 0.15) is 0 Å². The van der Waals surface area contributed by atoms with Gasteiger partial charge < -0.3 is 10.3 Å². The Morgan fingerprint density at radius 3 is 2.89 bits per heavy atom. The molecular formula is C14H14BrN3O. The van der Waals surface area contributed by atoms with Crippen LogP contribution >= 0.6 is 15.9 Å². The van der Waals surface area contributed by atoms with Crippen LogP contribution in [0.4, 0.5) is 0 Å². The summed E-state index contributed by atoms with van der Waals surface area (Å²) < 4.78 is 6.38. The molecule has 3 rings (SSSR count). The summed E-state index contributed by atoms with van der Waals surface area (Å²) in [4.78, 5) is 4.46. The Morgan fingerprint density at radius 2 is 2.21 bits per heavy atom. The number of hydrogen-bond acceptors (Lipinski definition) is 4. The lowest BCUT2D eigenvalue weighted by Crippen LogP contribution is -2.14. The molecule has 2 N–H and O–H groups in total. The molecule has 5 heteroatoms. The van der Waals surface area contributed by atoms with Crippen LogP contribution in [0.2, 0.25) is 0 Å². The van der Waals surface area contributed by atoms with E-state index in [0.29, 0.717) is 11.7 Å². The third-order valence-electron chi connectivity index (χ3n) is 3.31. The van der Waals surface area contributed by atoms with Gasteiger partial charge in [-0.2, -0.15) is 4.98 Å². The molecule has 0 bridgehead atoms. The number of halogens is 1. The van der Waals surface area contributed by atoms with Gasteiger partial charge >= 0.3 is 0 Å². The molecule has 0 spiro atoms. The molecule has 1 aliphatic carbocycles. The Hall–Kier alpha value is -1.46. The van der Waals surface area contributed by atoms with Gasteiger partial charge in [0.25, 0.3) is 0 Å². The predicted molar refractivity (Wildman–Crippen MR) is 76.6 cm³/mol. The van der Waals surface area contributed by atoms with Crippen molar-refractivity contribution in [1.82, 2.24) is 10.1 Å². The number of hydrogen-bond donors (Lipinski definition) is 1. The van der Waals surface area contributed by atoms with Gasteiger partial charge in [-0.15, -0.1) is 0 Å². The minimum absolute atomic E-state index is 0.0915. The number of aryl methyl sites for hydroxylation is 1. The fourth-order valence-electron chi connectivity index (χ4n) is 2.15. The first-order valence-electron chi connectivity index (χ1n) is 6.17. The molecule has 1 aliphatic rings. The Kier molecular flexibility index (Phi) is 3.24. The van der Waals surface area contributed by atoms with E-state index in [-0.39, 0.29) is 12.0 Å². The van der Waals surface area contributed by atoms with Gasteiger partial charge in [0.15, 0.2) is 0 Å². The average Bonchev–Trinajstić information content (AvgIpc) is 3.01. The zero-order valence-corrected chi connectivity index (χ0v) is 12.1. The molecule has 2 aromatic rings. The second-order valence-corrected chi connectivity index (χ2v) is 5.67. The summed E-state index contributed by atoms with van der Waals surface area (Å²) in [5.41, 5.74) is 7.96. The van der Waals surface area contributed by atoms with Crippen molar-refractivity contribution in [2.75, 3.05) is 0 Å². The number of nitrogens with zero attached hydrogens (tertiary/aromatic N) is 2. The number of nitrogens with two attached hydrogens (primary N) is 1. The minimum atomic E-state index is 0.0915. The topological polar surface area (TPSA) is 64.9 Å². The van der Waals surface area contributed by atoms with Crippen LogP contribution in [0, 0.1) is 6.92 Å². The summed E-state index contributed by atoms with van der Waals surface area (Å²) in [5.74, 6) is 1.39. The highest BCUT2D eigenvalue weighted by Crippen LogP contribution is 2.29. The summed E-state index contributed by atoms with van der Waals surface area (Å²) in [6, 6.07) is 6.11. The average molecular weight is 320 g/mol. The van der Waals surface area contributed by atoms with E-state index in [1.807, 2.05) is 37.3 Å². The second kappa shape index (κ2) is 4.90. The molecule has 0 radical (unpaired) electrons. The van der Waals surface area contributed by atoms with Crippen molar-refractivity contribution in [3.8, 4) is 11.4 Å². The number of benzene rings is 1. The molecule has 1 aromatic heterocycles. The van der Waals surface area contributed by atoms with Crippen LogP contribution < -0.4 is 5.73 Å². The van der Waals surface area contributed by atoms with Crippen molar-refractivity contribution in [1.29, 1.82) is 0 Å². The van der Waals surface area contributed by atoms with Crippen LogP contribution in [0.1, 0.15) is 23.8 Å². The summed E-state index contributed by atoms with van der Waals surface area (Å²) in [7, 11) is 0. The molecule has 0 saturated heterocycles. The van der Waals surface area contributed by atoms with Gasteiger partial charge in [-0.1, -0.05) is 45.4 Å². The van der Waals surface area contributed by atoms with Crippen molar-refractivity contribution in [3.63, 3.8) is 0 Å². The second-order valence-electron chi connectivity index (χ2n) is 4.81. The first-order chi connectivity index (χ1) is 9.13. The van der Waals surface area contributed by atoms with Crippen LogP contribution in [-0.4, -0.2) is 16.2 Å². The van der Waals surface area contributed by atoms with Crippen molar-refractivity contribution in [3.05, 3.63) is 46.3 Å². The van der Waals surface area contributed by atoms with Crippen LogP contribution in [0.15, 0.2) is 39.3 Å². The fraction of sp³-hybridized carbons (Fsp3) is 0.286. The molecule has 98 valence electrons. The Morgan fingerprint density at radius 1 is 1.37 bits per heavy atom. The van der Waals surface area contributed by atoms with Crippen LogP contribution in [0.3, 0.4) is 0 Å². The first kappa shape index (κ1) is 12.6. The standard InChI is InChI=1S/C14H14BrN3O/c1-8-2-3-9(7-12(8)15)13-17-14(19-18-13)10-4-5-11(16)6-10/h2-5,7,10-11H,6,16H2,1H3. The normalized spacial score (nSPS) is 22.1. The van der Waals surface area contributed by atoms with Crippen LogP contribution in [0.25, 0.3) is 11.4 Å². The third-order valence-corrected chi connectivity index (χ3v) is 4.16. The highest BCUT2D eigenvalue weighted by Gasteiger charge is 2.23. The maximum absolute atomic E-state index is 5.83. The number of allylic oxidation sites excluding steroid dienone is 1. The van der Waals surface area contributed by atoms with Crippen molar-refractivity contribution < 1.29 is 4.52 Å². The minimum Gasteiger partial charge on any atom is -0.338 e. The molecular weight excluding hydrogens is 306 g/mol. The molecule has 0 fully saturated rings. The van der Waals surface area contributed by atoms with Gasteiger partial charge in [0.2, 0.25) is 11.7 Å². The lowest BCUT2D eigenvalue weighted by molar-refractivity contribution is 0.365. The van der Waals surface area contributed by atoms with Crippen LogP contribution in [-0.2, 0) is 0 Å². The van der Waals surface area contributed by atoms with Crippen LogP contribution in [0.5, 0.6) is 0 Å². The van der Waals surface area contributed by atoms with Gasteiger partial charge in [-0.25, -0.2) is 0 Å². The molecule has 0 saturated carbocycles.